The second-order valence-corrected chi connectivity index (χ2v) is 3.33. The molecule has 0 aliphatic rings. The Hall–Kier alpha value is -1.68. The molecule has 0 spiro atoms. The van der Waals surface area contributed by atoms with E-state index in [-0.39, 0.29) is 36.3 Å². The predicted octanol–water partition coefficient (Wildman–Crippen LogP) is 2.72. The van der Waals surface area contributed by atoms with Crippen molar-refractivity contribution in [2.24, 2.45) is 0 Å². The normalized spacial score (nSPS) is 9.67. The average Bonchev–Trinajstić information content (AvgIpc) is 2.29. The van der Waals surface area contributed by atoms with Crippen molar-refractivity contribution in [3.63, 3.8) is 0 Å². The van der Waals surface area contributed by atoms with Crippen LogP contribution in [-0.4, -0.2) is 16.1 Å². The number of aromatic nitrogens is 1. The molecule has 0 bridgehead atoms. The summed E-state index contributed by atoms with van der Waals surface area (Å²) >= 11 is 0. The molecule has 1 aromatic heterocycles. The summed E-state index contributed by atoms with van der Waals surface area (Å²) in [7, 11) is 0. The van der Waals surface area contributed by atoms with Crippen molar-refractivity contribution in [3.05, 3.63) is 53.9 Å². The molecular weight excluding hydrogens is 329 g/mol. The van der Waals surface area contributed by atoms with Gasteiger partial charge >= 0.3 is 5.97 Å². The fourth-order valence-corrected chi connectivity index (χ4v) is 1.50. The number of halogens is 2. The van der Waals surface area contributed by atoms with Gasteiger partial charge in [0.2, 0.25) is 0 Å². The zero-order valence-corrected chi connectivity index (χ0v) is 10.6. The summed E-state index contributed by atoms with van der Waals surface area (Å²) in [5.74, 6) is -2.79. The van der Waals surface area contributed by atoms with Crippen molar-refractivity contribution in [2.45, 2.75) is 0 Å². The monoisotopic (exact) mass is 337 g/mol. The minimum atomic E-state index is -1.26. The second kappa shape index (κ2) is 5.78. The number of benzene rings is 1. The largest absolute Gasteiger partial charge is 0.476 e. The third kappa shape index (κ3) is 2.77. The molecule has 1 heterocycles. The van der Waals surface area contributed by atoms with Crippen LogP contribution in [0.1, 0.15) is 10.5 Å². The number of aromatic carboxylic acids is 1. The molecule has 1 aromatic carbocycles. The Morgan fingerprint density at radius 1 is 1.17 bits per heavy atom. The summed E-state index contributed by atoms with van der Waals surface area (Å²) in [5, 5.41) is 8.91. The van der Waals surface area contributed by atoms with Crippen LogP contribution in [-0.2, 0) is 19.5 Å². The molecular formula is C12H7F2NO2Ru. The molecule has 0 unspecified atom stereocenters. The van der Waals surface area contributed by atoms with Crippen LogP contribution in [0, 0.1) is 11.6 Å². The van der Waals surface area contributed by atoms with Crippen LogP contribution in [0.5, 0.6) is 0 Å². The van der Waals surface area contributed by atoms with E-state index in [9.17, 15) is 13.6 Å². The van der Waals surface area contributed by atoms with Crippen molar-refractivity contribution in [1.29, 1.82) is 0 Å². The van der Waals surface area contributed by atoms with Crippen LogP contribution in [0.25, 0.3) is 11.1 Å². The molecule has 0 amide bonds. The van der Waals surface area contributed by atoms with Crippen molar-refractivity contribution >= 4 is 5.97 Å². The average molecular weight is 336 g/mol. The SMILES string of the molecule is O=C(O)c1ncccc1-c1ccc(F)cc1F.[Ru]. The summed E-state index contributed by atoms with van der Waals surface area (Å²) in [5.41, 5.74) is -0.132. The molecule has 0 saturated heterocycles. The Morgan fingerprint density at radius 3 is 2.50 bits per heavy atom. The summed E-state index contributed by atoms with van der Waals surface area (Å²) in [6.45, 7) is 0. The van der Waals surface area contributed by atoms with Gasteiger partial charge in [0.1, 0.15) is 11.6 Å². The van der Waals surface area contributed by atoms with Gasteiger partial charge in [0.05, 0.1) is 0 Å². The Labute approximate surface area is 114 Å². The Kier molecular flexibility index (Phi) is 4.62. The molecule has 0 fully saturated rings. The van der Waals surface area contributed by atoms with Gasteiger partial charge < -0.3 is 5.11 Å². The molecule has 18 heavy (non-hydrogen) atoms. The number of carbonyl (C=O) groups is 1. The summed E-state index contributed by atoms with van der Waals surface area (Å²) < 4.78 is 26.3. The molecule has 2 aromatic rings. The third-order valence-corrected chi connectivity index (χ3v) is 2.23. The van der Waals surface area contributed by atoms with Crippen LogP contribution in [0.3, 0.4) is 0 Å². The van der Waals surface area contributed by atoms with E-state index < -0.39 is 17.6 Å². The second-order valence-electron chi connectivity index (χ2n) is 3.33. The number of carboxylic acid groups (broad SMARTS) is 1. The minimum Gasteiger partial charge on any atom is -0.476 e. The van der Waals surface area contributed by atoms with Gasteiger partial charge in [-0.3, -0.25) is 0 Å². The van der Waals surface area contributed by atoms with Gasteiger partial charge in [0, 0.05) is 42.9 Å². The van der Waals surface area contributed by atoms with Crippen molar-refractivity contribution in [2.75, 3.05) is 0 Å². The van der Waals surface area contributed by atoms with E-state index in [0.29, 0.717) is 6.07 Å². The first-order valence-corrected chi connectivity index (χ1v) is 4.73. The summed E-state index contributed by atoms with van der Waals surface area (Å²) in [6, 6.07) is 5.87. The van der Waals surface area contributed by atoms with Crippen LogP contribution < -0.4 is 0 Å². The van der Waals surface area contributed by atoms with Gasteiger partial charge in [-0.1, -0.05) is 6.07 Å². The molecule has 0 radical (unpaired) electrons. The minimum absolute atomic E-state index is 0. The maximum absolute atomic E-state index is 13.5. The quantitative estimate of drug-likeness (QED) is 0.858. The topological polar surface area (TPSA) is 50.2 Å². The van der Waals surface area contributed by atoms with E-state index >= 15 is 0 Å². The van der Waals surface area contributed by atoms with Crippen LogP contribution in [0.4, 0.5) is 8.78 Å². The first kappa shape index (κ1) is 14.4. The fourth-order valence-electron chi connectivity index (χ4n) is 1.50. The number of hydrogen-bond acceptors (Lipinski definition) is 2. The van der Waals surface area contributed by atoms with E-state index in [4.69, 9.17) is 5.11 Å². The number of pyridine rings is 1. The number of nitrogens with zero attached hydrogens (tertiary/aromatic N) is 1. The van der Waals surface area contributed by atoms with Gasteiger partial charge in [-0.05, 0) is 18.2 Å². The van der Waals surface area contributed by atoms with Gasteiger partial charge in [0.15, 0.2) is 5.69 Å². The smallest absolute Gasteiger partial charge is 0.355 e. The van der Waals surface area contributed by atoms with Crippen molar-refractivity contribution in [1.82, 2.24) is 4.98 Å². The summed E-state index contributed by atoms with van der Waals surface area (Å²) in [6.07, 6.45) is 1.30. The van der Waals surface area contributed by atoms with E-state index in [1.54, 1.807) is 0 Å². The van der Waals surface area contributed by atoms with E-state index in [1.807, 2.05) is 0 Å². The zero-order valence-electron chi connectivity index (χ0n) is 8.88. The number of rotatable bonds is 2. The number of carboxylic acids is 1. The Morgan fingerprint density at radius 2 is 1.89 bits per heavy atom. The Balaban J connectivity index is 0.00000162. The van der Waals surface area contributed by atoms with E-state index in [1.165, 1.54) is 24.4 Å². The molecule has 2 rings (SSSR count). The van der Waals surface area contributed by atoms with Crippen molar-refractivity contribution < 1.29 is 38.2 Å². The third-order valence-electron chi connectivity index (χ3n) is 2.23. The maximum atomic E-state index is 13.5. The van der Waals surface area contributed by atoms with Crippen LogP contribution >= 0.6 is 0 Å². The molecule has 0 aliphatic heterocycles. The maximum Gasteiger partial charge on any atom is 0.355 e. The fraction of sp³-hybridized carbons (Fsp3) is 0. The molecule has 6 heteroatoms. The standard InChI is InChI=1S/C12H7F2NO2.Ru/c13-7-3-4-8(10(14)6-7)9-2-1-5-15-11(9)12(16)17;/h1-6H,(H,16,17);. The van der Waals surface area contributed by atoms with Gasteiger partial charge in [-0.2, -0.15) is 0 Å². The molecule has 1 N–H and O–H groups in total. The molecule has 3 nitrogen and oxygen atoms in total. The Bertz CT molecular complexity index is 590. The van der Waals surface area contributed by atoms with Gasteiger partial charge in [-0.25, -0.2) is 18.6 Å². The molecule has 0 saturated carbocycles. The van der Waals surface area contributed by atoms with Crippen molar-refractivity contribution in [3.8, 4) is 11.1 Å². The van der Waals surface area contributed by atoms with Crippen LogP contribution in [0.15, 0.2) is 36.5 Å². The molecule has 0 aliphatic carbocycles. The van der Waals surface area contributed by atoms with Gasteiger partial charge in [0.25, 0.3) is 0 Å². The van der Waals surface area contributed by atoms with E-state index in [0.717, 1.165) is 6.07 Å². The van der Waals surface area contributed by atoms with Gasteiger partial charge in [-0.15, -0.1) is 0 Å². The predicted molar refractivity (Wildman–Crippen MR) is 56.5 cm³/mol. The first-order chi connectivity index (χ1) is 8.09. The number of hydrogen-bond donors (Lipinski definition) is 1. The first-order valence-electron chi connectivity index (χ1n) is 4.73. The van der Waals surface area contributed by atoms with Crippen LogP contribution in [0.2, 0.25) is 0 Å². The van der Waals surface area contributed by atoms with E-state index in [2.05, 4.69) is 4.98 Å². The molecule has 94 valence electrons. The summed E-state index contributed by atoms with van der Waals surface area (Å²) in [4.78, 5) is 14.6. The molecule has 0 atom stereocenters. The zero-order chi connectivity index (χ0) is 12.4.